The molecule has 0 N–H and O–H groups in total. The van der Waals surface area contributed by atoms with Crippen LogP contribution in [-0.4, -0.2) is 55.7 Å². The lowest BCUT2D eigenvalue weighted by atomic mass is 9.77. The van der Waals surface area contributed by atoms with Crippen LogP contribution < -0.4 is 9.64 Å². The van der Waals surface area contributed by atoms with Gasteiger partial charge in [-0.1, -0.05) is 25.0 Å². The van der Waals surface area contributed by atoms with Crippen LogP contribution >= 0.6 is 0 Å². The monoisotopic (exact) mass is 452 g/mol. The predicted molar refractivity (Wildman–Crippen MR) is 122 cm³/mol. The van der Waals surface area contributed by atoms with Gasteiger partial charge in [0.05, 0.1) is 25.6 Å². The first-order chi connectivity index (χ1) is 15.9. The lowest BCUT2D eigenvalue weighted by Gasteiger charge is -2.40. The first kappa shape index (κ1) is 21.9. The van der Waals surface area contributed by atoms with E-state index in [2.05, 4.69) is 0 Å². The highest BCUT2D eigenvalue weighted by Gasteiger charge is 2.51. The molecule has 1 saturated carbocycles. The summed E-state index contributed by atoms with van der Waals surface area (Å²) in [5.41, 5.74) is 0.579. The van der Waals surface area contributed by atoms with Crippen LogP contribution in [0.2, 0.25) is 0 Å². The topological polar surface area (TPSA) is 59.1 Å². The number of halogens is 1. The molecule has 1 unspecified atom stereocenters. The molecular formula is C26H29FN2O4. The van der Waals surface area contributed by atoms with Crippen molar-refractivity contribution in [3.05, 3.63) is 59.9 Å². The number of hydrogen-bond donors (Lipinski definition) is 0. The second-order valence-electron chi connectivity index (χ2n) is 9.42. The number of hydrogen-bond acceptors (Lipinski definition) is 4. The van der Waals surface area contributed by atoms with Gasteiger partial charge in [-0.05, 0) is 61.2 Å². The van der Waals surface area contributed by atoms with Gasteiger partial charge in [-0.15, -0.1) is 0 Å². The first-order valence-corrected chi connectivity index (χ1v) is 11.6. The Kier molecular flexibility index (Phi) is 5.60. The van der Waals surface area contributed by atoms with Crippen LogP contribution in [0.3, 0.4) is 0 Å². The van der Waals surface area contributed by atoms with Crippen molar-refractivity contribution in [1.82, 2.24) is 4.90 Å². The summed E-state index contributed by atoms with van der Waals surface area (Å²) in [5, 5.41) is 0. The molecule has 7 heteroatoms. The standard InChI is InChI=1S/C26H29FN2O4/c1-32-22-10-4-19(5-11-22)26(12-2-3-13-26)24(31)28-15-14-25(17-28)18-29(23(30)16-33-25)21-8-6-20(27)7-9-21/h4-11H,2-3,12-18H2,1H3. The van der Waals surface area contributed by atoms with Crippen molar-refractivity contribution in [3.8, 4) is 5.75 Å². The number of carbonyl (C=O) groups is 2. The van der Waals surface area contributed by atoms with Crippen molar-refractivity contribution in [2.24, 2.45) is 0 Å². The molecule has 3 aliphatic rings. The van der Waals surface area contributed by atoms with Gasteiger partial charge in [0.1, 0.15) is 23.8 Å². The van der Waals surface area contributed by atoms with Crippen molar-refractivity contribution in [2.45, 2.75) is 43.1 Å². The minimum atomic E-state index is -0.600. The zero-order chi connectivity index (χ0) is 23.1. The molecule has 0 radical (unpaired) electrons. The van der Waals surface area contributed by atoms with Crippen LogP contribution in [0.1, 0.15) is 37.7 Å². The van der Waals surface area contributed by atoms with E-state index in [-0.39, 0.29) is 24.2 Å². The third kappa shape index (κ3) is 3.88. The average molecular weight is 453 g/mol. The van der Waals surface area contributed by atoms with Crippen LogP contribution in [0.25, 0.3) is 0 Å². The molecule has 2 heterocycles. The maximum atomic E-state index is 13.9. The maximum Gasteiger partial charge on any atom is 0.253 e. The van der Waals surface area contributed by atoms with E-state index in [0.29, 0.717) is 31.7 Å². The van der Waals surface area contributed by atoms with Crippen LogP contribution in [0.5, 0.6) is 5.75 Å². The Bertz CT molecular complexity index is 1030. The van der Waals surface area contributed by atoms with Gasteiger partial charge in [0.25, 0.3) is 5.91 Å². The molecule has 1 aliphatic carbocycles. The lowest BCUT2D eigenvalue weighted by Crippen LogP contribution is -2.57. The zero-order valence-electron chi connectivity index (χ0n) is 18.9. The highest BCUT2D eigenvalue weighted by atomic mass is 19.1. The van der Waals surface area contributed by atoms with E-state index in [9.17, 15) is 14.0 Å². The quantitative estimate of drug-likeness (QED) is 0.710. The molecule has 0 aromatic heterocycles. The van der Waals surface area contributed by atoms with E-state index in [0.717, 1.165) is 37.0 Å². The Morgan fingerprint density at radius 2 is 1.70 bits per heavy atom. The van der Waals surface area contributed by atoms with Crippen molar-refractivity contribution >= 4 is 17.5 Å². The number of ether oxygens (including phenoxy) is 2. The van der Waals surface area contributed by atoms with Crippen LogP contribution in [0.4, 0.5) is 10.1 Å². The summed E-state index contributed by atoms with van der Waals surface area (Å²) in [6.07, 6.45) is 4.40. The molecule has 1 atom stereocenters. The van der Waals surface area contributed by atoms with Crippen molar-refractivity contribution in [2.75, 3.05) is 38.3 Å². The molecule has 0 bridgehead atoms. The summed E-state index contributed by atoms with van der Waals surface area (Å²) in [4.78, 5) is 30.1. The van der Waals surface area contributed by atoms with Crippen LogP contribution in [0.15, 0.2) is 48.5 Å². The summed E-state index contributed by atoms with van der Waals surface area (Å²) in [7, 11) is 1.64. The molecule has 5 rings (SSSR count). The fourth-order valence-electron chi connectivity index (χ4n) is 5.65. The largest absolute Gasteiger partial charge is 0.497 e. The smallest absolute Gasteiger partial charge is 0.253 e. The molecule has 2 aromatic rings. The SMILES string of the molecule is COc1ccc(C2(C(=O)N3CCC4(C3)CN(c3ccc(F)cc3)C(=O)CO4)CCCC2)cc1. The second-order valence-corrected chi connectivity index (χ2v) is 9.42. The molecule has 2 aromatic carbocycles. The minimum Gasteiger partial charge on any atom is -0.497 e. The fourth-order valence-corrected chi connectivity index (χ4v) is 5.65. The van der Waals surface area contributed by atoms with Crippen molar-refractivity contribution in [3.63, 3.8) is 0 Å². The van der Waals surface area contributed by atoms with Gasteiger partial charge < -0.3 is 19.3 Å². The van der Waals surface area contributed by atoms with Crippen molar-refractivity contribution in [1.29, 1.82) is 0 Å². The Balaban J connectivity index is 1.36. The van der Waals surface area contributed by atoms with Gasteiger partial charge in [-0.3, -0.25) is 9.59 Å². The molecule has 3 fully saturated rings. The molecule has 6 nitrogen and oxygen atoms in total. The van der Waals surface area contributed by atoms with Gasteiger partial charge in [-0.2, -0.15) is 0 Å². The Hall–Kier alpha value is -2.93. The second kappa shape index (κ2) is 8.45. The van der Waals surface area contributed by atoms with Crippen LogP contribution in [-0.2, 0) is 19.7 Å². The summed E-state index contributed by atoms with van der Waals surface area (Å²) < 4.78 is 24.7. The highest BCUT2D eigenvalue weighted by molar-refractivity contribution is 5.95. The van der Waals surface area contributed by atoms with Crippen LogP contribution in [0, 0.1) is 5.82 Å². The summed E-state index contributed by atoms with van der Waals surface area (Å²) in [6.45, 7) is 1.37. The zero-order valence-corrected chi connectivity index (χ0v) is 18.9. The molecule has 2 saturated heterocycles. The van der Waals surface area contributed by atoms with E-state index in [1.165, 1.54) is 12.1 Å². The first-order valence-electron chi connectivity index (χ1n) is 11.6. The number of morpholine rings is 1. The number of nitrogens with zero attached hydrogens (tertiary/aromatic N) is 2. The van der Waals surface area contributed by atoms with Gasteiger partial charge in [0.15, 0.2) is 0 Å². The minimum absolute atomic E-state index is 0.0387. The van der Waals surface area contributed by atoms with Gasteiger partial charge in [-0.25, -0.2) is 4.39 Å². The molecule has 1 spiro atoms. The van der Waals surface area contributed by atoms with E-state index in [1.807, 2.05) is 29.2 Å². The number of rotatable bonds is 4. The number of carbonyl (C=O) groups excluding carboxylic acids is 2. The van der Waals surface area contributed by atoms with E-state index >= 15 is 0 Å². The Morgan fingerprint density at radius 3 is 2.36 bits per heavy atom. The third-order valence-electron chi connectivity index (χ3n) is 7.50. The summed E-state index contributed by atoms with van der Waals surface area (Å²) >= 11 is 0. The fraction of sp³-hybridized carbons (Fsp3) is 0.462. The van der Waals surface area contributed by atoms with E-state index < -0.39 is 11.0 Å². The van der Waals surface area contributed by atoms with Gasteiger partial charge in [0, 0.05) is 12.2 Å². The van der Waals surface area contributed by atoms with E-state index in [4.69, 9.17) is 9.47 Å². The van der Waals surface area contributed by atoms with E-state index in [1.54, 1.807) is 24.1 Å². The number of likely N-dealkylation sites (tertiary alicyclic amines) is 1. The summed E-state index contributed by atoms with van der Waals surface area (Å²) in [6, 6.07) is 13.8. The highest BCUT2D eigenvalue weighted by Crippen LogP contribution is 2.44. The molecule has 33 heavy (non-hydrogen) atoms. The molecular weight excluding hydrogens is 423 g/mol. The Labute approximate surface area is 193 Å². The van der Waals surface area contributed by atoms with Gasteiger partial charge in [0.2, 0.25) is 5.91 Å². The lowest BCUT2D eigenvalue weighted by molar-refractivity contribution is -0.141. The predicted octanol–water partition coefficient (Wildman–Crippen LogP) is 3.68. The third-order valence-corrected chi connectivity index (χ3v) is 7.50. The Morgan fingerprint density at radius 1 is 1.00 bits per heavy atom. The summed E-state index contributed by atoms with van der Waals surface area (Å²) in [5.74, 6) is 0.436. The normalized spacial score (nSPS) is 24.5. The average Bonchev–Trinajstić information content (AvgIpc) is 3.50. The molecule has 2 amide bonds. The molecule has 2 aliphatic heterocycles. The number of amides is 2. The number of anilines is 1. The van der Waals surface area contributed by atoms with Crippen molar-refractivity contribution < 1.29 is 23.5 Å². The van der Waals surface area contributed by atoms with Gasteiger partial charge >= 0.3 is 0 Å². The number of benzene rings is 2. The number of methoxy groups -OCH3 is 1. The molecule has 174 valence electrons. The maximum absolute atomic E-state index is 13.9.